The molecule has 0 bridgehead atoms. The van der Waals surface area contributed by atoms with E-state index in [-0.39, 0.29) is 19.8 Å². The van der Waals surface area contributed by atoms with Crippen LogP contribution in [0.3, 0.4) is 0 Å². The van der Waals surface area contributed by atoms with Crippen LogP contribution < -0.4 is 9.64 Å². The summed E-state index contributed by atoms with van der Waals surface area (Å²) >= 11 is 0. The van der Waals surface area contributed by atoms with Gasteiger partial charge >= 0.3 is 0 Å². The molecule has 2 rings (SSSR count). The fraction of sp³-hybridized carbons (Fsp3) is 0.412. The first-order valence-corrected chi connectivity index (χ1v) is 7.58. The number of aliphatic hydroxyl groups is 3. The van der Waals surface area contributed by atoms with Crippen molar-refractivity contribution in [2.45, 2.75) is 6.10 Å². The summed E-state index contributed by atoms with van der Waals surface area (Å²) in [7, 11) is 0. The highest BCUT2D eigenvalue weighted by molar-refractivity contribution is 5.88. The first kappa shape index (κ1) is 16.7. The third kappa shape index (κ3) is 4.68. The minimum atomic E-state index is -0.646. The number of nitrogens with one attached hydrogen (secondary N) is 1. The fourth-order valence-electron chi connectivity index (χ4n) is 2.55. The van der Waals surface area contributed by atoms with Crippen molar-refractivity contribution in [1.29, 1.82) is 0 Å². The molecule has 0 saturated carbocycles. The molecule has 1 atom stereocenters. The highest BCUT2D eigenvalue weighted by Crippen LogP contribution is 2.25. The van der Waals surface area contributed by atoms with E-state index in [4.69, 9.17) is 14.9 Å². The van der Waals surface area contributed by atoms with Crippen molar-refractivity contribution in [3.63, 3.8) is 0 Å². The molecule has 2 aromatic carbocycles. The molecule has 5 nitrogen and oxygen atoms in total. The predicted molar refractivity (Wildman–Crippen MR) is 85.2 cm³/mol. The average molecular weight is 306 g/mol. The molecule has 22 heavy (non-hydrogen) atoms. The molecular formula is C17H24NO4+. The number of hydrogen-bond acceptors (Lipinski definition) is 4. The Labute approximate surface area is 130 Å². The van der Waals surface area contributed by atoms with Gasteiger partial charge in [-0.1, -0.05) is 36.4 Å². The zero-order valence-electron chi connectivity index (χ0n) is 12.6. The maximum Gasteiger partial charge on any atom is 0.137 e. The zero-order valence-corrected chi connectivity index (χ0v) is 12.6. The summed E-state index contributed by atoms with van der Waals surface area (Å²) in [4.78, 5) is 0.957. The Morgan fingerprint density at radius 3 is 2.36 bits per heavy atom. The summed E-state index contributed by atoms with van der Waals surface area (Å²) in [5, 5.41) is 30.2. The Bertz CT molecular complexity index is 564. The van der Waals surface area contributed by atoms with Crippen LogP contribution in [0.2, 0.25) is 0 Å². The SMILES string of the molecule is OCC[NH+](CCO)C[C@H](O)COc1cccc2ccccc12. The van der Waals surface area contributed by atoms with E-state index in [9.17, 15) is 5.11 Å². The van der Waals surface area contributed by atoms with Crippen LogP contribution in [0.15, 0.2) is 42.5 Å². The van der Waals surface area contributed by atoms with Crippen LogP contribution in [0.25, 0.3) is 10.8 Å². The maximum atomic E-state index is 10.1. The van der Waals surface area contributed by atoms with Crippen LogP contribution in [0.4, 0.5) is 0 Å². The maximum absolute atomic E-state index is 10.1. The highest BCUT2D eigenvalue weighted by Gasteiger charge is 2.15. The van der Waals surface area contributed by atoms with Crippen LogP contribution >= 0.6 is 0 Å². The third-order valence-corrected chi connectivity index (χ3v) is 3.64. The predicted octanol–water partition coefficient (Wildman–Crippen LogP) is -0.551. The summed E-state index contributed by atoms with van der Waals surface area (Å²) in [6.45, 7) is 1.70. The first-order chi connectivity index (χ1) is 10.7. The zero-order chi connectivity index (χ0) is 15.8. The molecule has 0 spiro atoms. The van der Waals surface area contributed by atoms with Gasteiger partial charge in [-0.3, -0.25) is 0 Å². The van der Waals surface area contributed by atoms with E-state index in [0.29, 0.717) is 19.6 Å². The van der Waals surface area contributed by atoms with Gasteiger partial charge in [0, 0.05) is 5.39 Å². The summed E-state index contributed by atoms with van der Waals surface area (Å²) < 4.78 is 5.75. The van der Waals surface area contributed by atoms with Gasteiger partial charge in [0.15, 0.2) is 0 Å². The Balaban J connectivity index is 1.93. The first-order valence-electron chi connectivity index (χ1n) is 7.58. The molecule has 0 aliphatic rings. The van der Waals surface area contributed by atoms with Crippen LogP contribution in [0.1, 0.15) is 0 Å². The lowest BCUT2D eigenvalue weighted by Gasteiger charge is -2.21. The molecule has 0 aromatic heterocycles. The number of benzene rings is 2. The normalized spacial score (nSPS) is 12.7. The summed E-state index contributed by atoms with van der Waals surface area (Å²) in [5.41, 5.74) is 0. The van der Waals surface area contributed by atoms with Gasteiger partial charge in [0.25, 0.3) is 0 Å². The van der Waals surface area contributed by atoms with Crippen LogP contribution in [0, 0.1) is 0 Å². The smallest absolute Gasteiger partial charge is 0.137 e. The second-order valence-electron chi connectivity index (χ2n) is 5.34. The number of ether oxygens (including phenoxy) is 1. The van der Waals surface area contributed by atoms with Crippen LogP contribution in [-0.2, 0) is 0 Å². The summed E-state index contributed by atoms with van der Waals surface area (Å²) in [6.07, 6.45) is -0.646. The van der Waals surface area contributed by atoms with Crippen LogP contribution in [-0.4, -0.2) is 60.9 Å². The van der Waals surface area contributed by atoms with Gasteiger partial charge in [0.2, 0.25) is 0 Å². The van der Waals surface area contributed by atoms with Gasteiger partial charge in [-0.2, -0.15) is 0 Å². The van der Waals surface area contributed by atoms with E-state index >= 15 is 0 Å². The van der Waals surface area contributed by atoms with Crippen molar-refractivity contribution >= 4 is 10.8 Å². The van der Waals surface area contributed by atoms with Crippen LogP contribution in [0.5, 0.6) is 5.75 Å². The second kappa shape index (κ2) is 8.70. The fourth-order valence-corrected chi connectivity index (χ4v) is 2.55. The van der Waals surface area contributed by atoms with E-state index in [1.54, 1.807) is 0 Å². The van der Waals surface area contributed by atoms with Gasteiger partial charge in [0.05, 0.1) is 13.2 Å². The lowest BCUT2D eigenvalue weighted by molar-refractivity contribution is -0.903. The van der Waals surface area contributed by atoms with E-state index in [2.05, 4.69) is 0 Å². The van der Waals surface area contributed by atoms with E-state index < -0.39 is 6.10 Å². The highest BCUT2D eigenvalue weighted by atomic mass is 16.5. The lowest BCUT2D eigenvalue weighted by Crippen LogP contribution is -3.14. The van der Waals surface area contributed by atoms with Crippen molar-refractivity contribution < 1.29 is 25.0 Å². The van der Waals surface area contributed by atoms with Gasteiger partial charge in [-0.15, -0.1) is 0 Å². The number of aliphatic hydroxyl groups excluding tert-OH is 3. The molecular weight excluding hydrogens is 282 g/mol. The quantitative estimate of drug-likeness (QED) is 0.501. The van der Waals surface area contributed by atoms with Crippen molar-refractivity contribution in [2.24, 2.45) is 0 Å². The van der Waals surface area contributed by atoms with E-state index in [0.717, 1.165) is 21.4 Å². The molecule has 0 heterocycles. The van der Waals surface area contributed by atoms with E-state index in [1.165, 1.54) is 0 Å². The second-order valence-corrected chi connectivity index (χ2v) is 5.34. The average Bonchev–Trinajstić information content (AvgIpc) is 2.53. The van der Waals surface area contributed by atoms with Gasteiger partial charge in [0.1, 0.15) is 38.1 Å². The van der Waals surface area contributed by atoms with Gasteiger partial charge < -0.3 is 25.0 Å². The van der Waals surface area contributed by atoms with Crippen molar-refractivity contribution in [3.8, 4) is 5.75 Å². The minimum absolute atomic E-state index is 0.0340. The molecule has 4 N–H and O–H groups in total. The van der Waals surface area contributed by atoms with Crippen molar-refractivity contribution in [2.75, 3.05) is 39.5 Å². The lowest BCUT2D eigenvalue weighted by atomic mass is 10.1. The monoisotopic (exact) mass is 306 g/mol. The Kier molecular flexibility index (Phi) is 6.61. The molecule has 0 saturated heterocycles. The topological polar surface area (TPSA) is 74.4 Å². The molecule has 0 unspecified atom stereocenters. The standard InChI is InChI=1S/C17H23NO4/c19-10-8-18(9-11-20)12-15(21)13-22-17-7-3-5-14-4-1-2-6-16(14)17/h1-7,15,19-21H,8-13H2/p+1/t15-/m0/s1. The number of fused-ring (bicyclic) bond motifs is 1. The molecule has 0 radical (unpaired) electrons. The molecule has 0 amide bonds. The Morgan fingerprint density at radius 1 is 0.955 bits per heavy atom. The van der Waals surface area contributed by atoms with Crippen molar-refractivity contribution in [3.05, 3.63) is 42.5 Å². The van der Waals surface area contributed by atoms with Gasteiger partial charge in [-0.05, 0) is 11.5 Å². The molecule has 2 aromatic rings. The number of quaternary nitrogens is 1. The molecule has 0 fully saturated rings. The molecule has 0 aliphatic carbocycles. The van der Waals surface area contributed by atoms with Gasteiger partial charge in [-0.25, -0.2) is 0 Å². The molecule has 5 heteroatoms. The molecule has 120 valence electrons. The molecule has 0 aliphatic heterocycles. The summed E-state index contributed by atoms with van der Waals surface area (Å²) in [5.74, 6) is 0.753. The minimum Gasteiger partial charge on any atom is -0.490 e. The van der Waals surface area contributed by atoms with E-state index in [1.807, 2.05) is 42.5 Å². The summed E-state index contributed by atoms with van der Waals surface area (Å²) in [6, 6.07) is 13.8. The van der Waals surface area contributed by atoms with Crippen molar-refractivity contribution in [1.82, 2.24) is 0 Å². The number of hydrogen-bond donors (Lipinski definition) is 4. The Morgan fingerprint density at radius 2 is 1.64 bits per heavy atom. The third-order valence-electron chi connectivity index (χ3n) is 3.64. The Hall–Kier alpha value is -1.66. The number of rotatable bonds is 9. The largest absolute Gasteiger partial charge is 0.490 e.